The summed E-state index contributed by atoms with van der Waals surface area (Å²) in [6, 6.07) is 13.9. The van der Waals surface area contributed by atoms with Gasteiger partial charge in [0.2, 0.25) is 17.6 Å². The van der Waals surface area contributed by atoms with Crippen LogP contribution in [-0.2, 0) is 11.3 Å². The first kappa shape index (κ1) is 22.6. The Kier molecular flexibility index (Phi) is 6.82. The molecular formula is C25H30N4O4. The number of carbonyl (C=O) groups is 1. The Hall–Kier alpha value is -3.55. The van der Waals surface area contributed by atoms with Crippen molar-refractivity contribution in [2.45, 2.75) is 26.3 Å². The summed E-state index contributed by atoms with van der Waals surface area (Å²) in [5.41, 5.74) is 3.14. The lowest BCUT2D eigenvalue weighted by Gasteiger charge is -2.35. The van der Waals surface area contributed by atoms with E-state index in [1.807, 2.05) is 6.07 Å². The Morgan fingerprint density at radius 1 is 1.15 bits per heavy atom. The van der Waals surface area contributed by atoms with Crippen LogP contribution in [0.5, 0.6) is 11.5 Å². The average Bonchev–Trinajstić information content (AvgIpc) is 3.32. The summed E-state index contributed by atoms with van der Waals surface area (Å²) in [6.45, 7) is 4.03. The third-order valence-electron chi connectivity index (χ3n) is 6.03. The molecule has 1 aliphatic heterocycles. The number of benzene rings is 2. The first-order chi connectivity index (χ1) is 16.0. The van der Waals surface area contributed by atoms with Gasteiger partial charge in [0.1, 0.15) is 0 Å². The zero-order chi connectivity index (χ0) is 23.4. The molecule has 0 bridgehead atoms. The van der Waals surface area contributed by atoms with Crippen LogP contribution in [0.1, 0.15) is 24.3 Å². The molecule has 174 valence electrons. The van der Waals surface area contributed by atoms with Gasteiger partial charge in [0, 0.05) is 31.4 Å². The van der Waals surface area contributed by atoms with E-state index in [0.29, 0.717) is 29.8 Å². The van der Waals surface area contributed by atoms with Gasteiger partial charge in [-0.2, -0.15) is 4.98 Å². The molecule has 0 spiro atoms. The Bertz CT molecular complexity index is 1100. The molecule has 0 N–H and O–H groups in total. The van der Waals surface area contributed by atoms with E-state index in [0.717, 1.165) is 30.6 Å². The van der Waals surface area contributed by atoms with Crippen molar-refractivity contribution < 1.29 is 18.8 Å². The Morgan fingerprint density at radius 3 is 2.64 bits per heavy atom. The second-order valence-corrected chi connectivity index (χ2v) is 8.40. The van der Waals surface area contributed by atoms with Gasteiger partial charge in [0.05, 0.1) is 26.7 Å². The van der Waals surface area contributed by atoms with E-state index < -0.39 is 0 Å². The molecule has 0 aliphatic carbocycles. The fourth-order valence-corrected chi connectivity index (χ4v) is 4.17. The van der Waals surface area contributed by atoms with Crippen LogP contribution in [0.25, 0.3) is 11.4 Å². The fourth-order valence-electron chi connectivity index (χ4n) is 4.17. The molecule has 2 aromatic carbocycles. The average molecular weight is 451 g/mol. The van der Waals surface area contributed by atoms with Crippen LogP contribution < -0.4 is 14.4 Å². The second-order valence-electron chi connectivity index (χ2n) is 8.40. The molecule has 1 aliphatic rings. The highest BCUT2D eigenvalue weighted by molar-refractivity contribution is 5.79. The van der Waals surface area contributed by atoms with Gasteiger partial charge in [-0.15, -0.1) is 0 Å². The molecule has 1 saturated heterocycles. The zero-order valence-corrected chi connectivity index (χ0v) is 19.6. The van der Waals surface area contributed by atoms with Gasteiger partial charge in [-0.3, -0.25) is 4.79 Å². The first-order valence-electron chi connectivity index (χ1n) is 11.1. The monoisotopic (exact) mass is 450 g/mol. The standard InChI is InChI=1S/C25H30N4O4/c1-17-7-10-20(11-8-17)29-13-5-6-19(15-29)25(30)28(2)16-23-26-24(27-33-23)18-9-12-21(31-3)22(14-18)32-4/h7-12,14,19H,5-6,13,15-16H2,1-4H3. The van der Waals surface area contributed by atoms with Gasteiger partial charge in [0.25, 0.3) is 0 Å². The lowest BCUT2D eigenvalue weighted by Crippen LogP contribution is -2.43. The van der Waals surface area contributed by atoms with E-state index in [1.54, 1.807) is 38.3 Å². The van der Waals surface area contributed by atoms with Gasteiger partial charge in [-0.1, -0.05) is 22.9 Å². The van der Waals surface area contributed by atoms with Crippen molar-refractivity contribution in [3.05, 3.63) is 53.9 Å². The van der Waals surface area contributed by atoms with Gasteiger partial charge in [0.15, 0.2) is 11.5 Å². The third kappa shape index (κ3) is 5.10. The quantitative estimate of drug-likeness (QED) is 0.539. The number of methoxy groups -OCH3 is 2. The van der Waals surface area contributed by atoms with Gasteiger partial charge < -0.3 is 23.8 Å². The second kappa shape index (κ2) is 9.94. The molecule has 2 heterocycles. The molecule has 3 aromatic rings. The van der Waals surface area contributed by atoms with Crippen molar-refractivity contribution in [2.75, 3.05) is 39.3 Å². The lowest BCUT2D eigenvalue weighted by molar-refractivity contribution is -0.135. The van der Waals surface area contributed by atoms with Crippen molar-refractivity contribution in [2.24, 2.45) is 5.92 Å². The van der Waals surface area contributed by atoms with Gasteiger partial charge >= 0.3 is 0 Å². The molecule has 4 rings (SSSR count). The van der Waals surface area contributed by atoms with Crippen LogP contribution in [0.3, 0.4) is 0 Å². The number of hydrogen-bond acceptors (Lipinski definition) is 7. The summed E-state index contributed by atoms with van der Waals surface area (Å²) in [6.07, 6.45) is 1.87. The predicted molar refractivity (Wildman–Crippen MR) is 125 cm³/mol. The smallest absolute Gasteiger partial charge is 0.246 e. The first-order valence-corrected chi connectivity index (χ1v) is 11.1. The molecule has 0 radical (unpaired) electrons. The molecular weight excluding hydrogens is 420 g/mol. The number of hydrogen-bond donors (Lipinski definition) is 0. The minimum atomic E-state index is -0.0571. The molecule has 1 fully saturated rings. The van der Waals surface area contributed by atoms with Crippen LogP contribution in [0.4, 0.5) is 5.69 Å². The van der Waals surface area contributed by atoms with Crippen molar-refractivity contribution in [1.29, 1.82) is 0 Å². The summed E-state index contributed by atoms with van der Waals surface area (Å²) < 4.78 is 16.0. The van der Waals surface area contributed by atoms with E-state index in [9.17, 15) is 4.79 Å². The van der Waals surface area contributed by atoms with Crippen molar-refractivity contribution in [1.82, 2.24) is 15.0 Å². The van der Waals surface area contributed by atoms with Crippen molar-refractivity contribution in [3.8, 4) is 22.9 Å². The van der Waals surface area contributed by atoms with Gasteiger partial charge in [-0.25, -0.2) is 0 Å². The highest BCUT2D eigenvalue weighted by Gasteiger charge is 2.29. The number of nitrogens with zero attached hydrogens (tertiary/aromatic N) is 4. The van der Waals surface area contributed by atoms with Crippen LogP contribution in [-0.4, -0.2) is 55.3 Å². The number of carbonyl (C=O) groups excluding carboxylic acids is 1. The van der Waals surface area contributed by atoms with Gasteiger partial charge in [-0.05, 0) is 50.1 Å². The molecule has 0 saturated carbocycles. The molecule has 1 aromatic heterocycles. The summed E-state index contributed by atoms with van der Waals surface area (Å²) in [5, 5.41) is 4.07. The van der Waals surface area contributed by atoms with E-state index in [1.165, 1.54) is 5.56 Å². The fraction of sp³-hybridized carbons (Fsp3) is 0.400. The normalized spacial score (nSPS) is 15.9. The Morgan fingerprint density at radius 2 is 1.91 bits per heavy atom. The Labute approximate surface area is 194 Å². The number of ether oxygens (including phenoxy) is 2. The SMILES string of the molecule is COc1ccc(-c2noc(CN(C)C(=O)C3CCCN(c4ccc(C)cc4)C3)n2)cc1OC. The summed E-state index contributed by atoms with van der Waals surface area (Å²) in [4.78, 5) is 21.6. The van der Waals surface area contributed by atoms with Crippen LogP contribution in [0.15, 0.2) is 47.0 Å². The van der Waals surface area contributed by atoms with E-state index in [-0.39, 0.29) is 18.4 Å². The maximum Gasteiger partial charge on any atom is 0.246 e. The molecule has 8 nitrogen and oxygen atoms in total. The highest BCUT2D eigenvalue weighted by Crippen LogP contribution is 2.31. The topological polar surface area (TPSA) is 80.9 Å². The van der Waals surface area contributed by atoms with Crippen LogP contribution in [0.2, 0.25) is 0 Å². The number of anilines is 1. The van der Waals surface area contributed by atoms with Crippen molar-refractivity contribution in [3.63, 3.8) is 0 Å². The van der Waals surface area contributed by atoms with Crippen molar-refractivity contribution >= 4 is 11.6 Å². The minimum Gasteiger partial charge on any atom is -0.493 e. The number of rotatable bonds is 7. The number of aromatic nitrogens is 2. The molecule has 33 heavy (non-hydrogen) atoms. The maximum absolute atomic E-state index is 13.1. The van der Waals surface area contributed by atoms with E-state index in [4.69, 9.17) is 14.0 Å². The highest BCUT2D eigenvalue weighted by atomic mass is 16.5. The molecule has 1 unspecified atom stereocenters. The molecule has 1 amide bonds. The number of piperidine rings is 1. The Balaban J connectivity index is 1.40. The summed E-state index contributed by atoms with van der Waals surface area (Å²) in [5.74, 6) is 2.08. The minimum absolute atomic E-state index is 0.0571. The summed E-state index contributed by atoms with van der Waals surface area (Å²) in [7, 11) is 4.95. The largest absolute Gasteiger partial charge is 0.493 e. The van der Waals surface area contributed by atoms with E-state index in [2.05, 4.69) is 46.2 Å². The lowest BCUT2D eigenvalue weighted by atomic mass is 9.96. The van der Waals surface area contributed by atoms with Crippen LogP contribution in [0, 0.1) is 12.8 Å². The third-order valence-corrected chi connectivity index (χ3v) is 6.03. The number of aryl methyl sites for hydroxylation is 1. The molecule has 8 heteroatoms. The maximum atomic E-state index is 13.1. The van der Waals surface area contributed by atoms with E-state index >= 15 is 0 Å². The summed E-state index contributed by atoms with van der Waals surface area (Å²) >= 11 is 0. The van der Waals surface area contributed by atoms with Crippen LogP contribution >= 0.6 is 0 Å². The predicted octanol–water partition coefficient (Wildman–Crippen LogP) is 3.94. The molecule has 1 atom stereocenters. The zero-order valence-electron chi connectivity index (χ0n) is 19.6. The number of amides is 1.